The van der Waals surface area contributed by atoms with Gasteiger partial charge in [0.2, 0.25) is 0 Å². The number of methoxy groups -OCH3 is 1. The molecule has 5 nitrogen and oxygen atoms in total. The van der Waals surface area contributed by atoms with E-state index >= 15 is 0 Å². The molecule has 1 fully saturated rings. The van der Waals surface area contributed by atoms with Crippen LogP contribution in [0.4, 0.5) is 10.5 Å². The highest BCUT2D eigenvalue weighted by molar-refractivity contribution is 5.89. The summed E-state index contributed by atoms with van der Waals surface area (Å²) >= 11 is 0. The van der Waals surface area contributed by atoms with Crippen LogP contribution in [0.5, 0.6) is 5.75 Å². The average molecular weight is 259 g/mol. The van der Waals surface area contributed by atoms with Gasteiger partial charge in [0, 0.05) is 24.7 Å². The van der Waals surface area contributed by atoms with Gasteiger partial charge >= 0.3 is 6.03 Å². The second-order valence-corrected chi connectivity index (χ2v) is 4.55. The third kappa shape index (κ3) is 3.38. The Balaban J connectivity index is 1.89. The summed E-state index contributed by atoms with van der Waals surface area (Å²) in [6, 6.07) is 9.36. The molecule has 0 unspecified atom stereocenters. The molecule has 100 valence electrons. The van der Waals surface area contributed by atoms with E-state index in [1.165, 1.54) is 0 Å². The summed E-state index contributed by atoms with van der Waals surface area (Å²) in [5.74, 6) is 0.845. The first-order valence-electron chi connectivity index (χ1n) is 6.32. The molecule has 2 rings (SSSR count). The van der Waals surface area contributed by atoms with Crippen LogP contribution in [0, 0.1) is 17.2 Å². The van der Waals surface area contributed by atoms with Crippen LogP contribution >= 0.6 is 0 Å². The molecule has 1 N–H and O–H groups in total. The lowest BCUT2D eigenvalue weighted by Gasteiger charge is -2.29. The Bertz CT molecular complexity index is 470. The summed E-state index contributed by atoms with van der Waals surface area (Å²) in [6.45, 7) is 1.28. The zero-order valence-corrected chi connectivity index (χ0v) is 10.9. The molecule has 0 saturated carbocycles. The zero-order valence-electron chi connectivity index (χ0n) is 10.9. The van der Waals surface area contributed by atoms with E-state index in [-0.39, 0.29) is 11.9 Å². The predicted octanol–water partition coefficient (Wildman–Crippen LogP) is 2.46. The van der Waals surface area contributed by atoms with Crippen LogP contribution < -0.4 is 10.1 Å². The van der Waals surface area contributed by atoms with E-state index in [2.05, 4.69) is 11.4 Å². The SMILES string of the molecule is COc1ccc(NC(=O)N2CCC(C#N)CC2)cc1. The van der Waals surface area contributed by atoms with E-state index in [1.807, 2.05) is 0 Å². The minimum atomic E-state index is -0.110. The van der Waals surface area contributed by atoms with Gasteiger partial charge in [0.25, 0.3) is 0 Å². The number of piperidine rings is 1. The van der Waals surface area contributed by atoms with Crippen molar-refractivity contribution in [3.63, 3.8) is 0 Å². The smallest absolute Gasteiger partial charge is 0.321 e. The molecule has 1 saturated heterocycles. The lowest BCUT2D eigenvalue weighted by Crippen LogP contribution is -2.40. The number of anilines is 1. The lowest BCUT2D eigenvalue weighted by atomic mass is 9.99. The van der Waals surface area contributed by atoms with Gasteiger partial charge in [-0.15, -0.1) is 0 Å². The quantitative estimate of drug-likeness (QED) is 0.887. The number of carbonyl (C=O) groups excluding carboxylic acids is 1. The van der Waals surface area contributed by atoms with Gasteiger partial charge in [0.1, 0.15) is 5.75 Å². The molecular weight excluding hydrogens is 242 g/mol. The van der Waals surface area contributed by atoms with E-state index in [1.54, 1.807) is 36.3 Å². The molecule has 1 aromatic rings. The van der Waals surface area contributed by atoms with Crippen LogP contribution in [0.1, 0.15) is 12.8 Å². The summed E-state index contributed by atoms with van der Waals surface area (Å²) < 4.78 is 5.06. The third-order valence-corrected chi connectivity index (χ3v) is 3.31. The van der Waals surface area contributed by atoms with Crippen molar-refractivity contribution in [2.24, 2.45) is 5.92 Å². The molecule has 1 aromatic carbocycles. The summed E-state index contributed by atoms with van der Waals surface area (Å²) in [5.41, 5.74) is 0.744. The number of urea groups is 1. The molecule has 0 spiro atoms. The third-order valence-electron chi connectivity index (χ3n) is 3.31. The van der Waals surface area contributed by atoms with Crippen molar-refractivity contribution in [1.29, 1.82) is 5.26 Å². The van der Waals surface area contributed by atoms with E-state index in [0.717, 1.165) is 24.3 Å². The number of amides is 2. The fourth-order valence-electron chi connectivity index (χ4n) is 2.09. The molecule has 0 aliphatic carbocycles. The van der Waals surface area contributed by atoms with Crippen molar-refractivity contribution in [2.45, 2.75) is 12.8 Å². The van der Waals surface area contributed by atoms with Crippen molar-refractivity contribution in [2.75, 3.05) is 25.5 Å². The highest BCUT2D eigenvalue weighted by Crippen LogP contribution is 2.18. The lowest BCUT2D eigenvalue weighted by molar-refractivity contribution is 0.192. The number of nitrogens with one attached hydrogen (secondary N) is 1. The fraction of sp³-hybridized carbons (Fsp3) is 0.429. The number of rotatable bonds is 2. The molecule has 1 aliphatic heterocycles. The van der Waals surface area contributed by atoms with Crippen molar-refractivity contribution < 1.29 is 9.53 Å². The number of hydrogen-bond donors (Lipinski definition) is 1. The van der Waals surface area contributed by atoms with Gasteiger partial charge in [-0.2, -0.15) is 5.26 Å². The maximum atomic E-state index is 12.0. The standard InChI is InChI=1S/C14H17N3O2/c1-19-13-4-2-12(3-5-13)16-14(18)17-8-6-11(10-15)7-9-17/h2-5,11H,6-9H2,1H3,(H,16,18). The number of nitriles is 1. The molecule has 1 aliphatic rings. The summed E-state index contributed by atoms with van der Waals surface area (Å²) in [6.07, 6.45) is 1.51. The van der Waals surface area contributed by atoms with Gasteiger partial charge in [-0.05, 0) is 37.1 Å². The van der Waals surface area contributed by atoms with E-state index in [9.17, 15) is 4.79 Å². The van der Waals surface area contributed by atoms with Crippen LogP contribution in [-0.4, -0.2) is 31.1 Å². The normalized spacial score (nSPS) is 15.7. The summed E-state index contributed by atoms with van der Waals surface area (Å²) in [4.78, 5) is 13.8. The van der Waals surface area contributed by atoms with Crippen LogP contribution in [0.2, 0.25) is 0 Å². The van der Waals surface area contributed by atoms with Gasteiger partial charge in [-0.1, -0.05) is 0 Å². The second kappa shape index (κ2) is 6.10. The number of hydrogen-bond acceptors (Lipinski definition) is 3. The average Bonchev–Trinajstić information content (AvgIpc) is 2.48. The van der Waals surface area contributed by atoms with Gasteiger partial charge in [-0.25, -0.2) is 4.79 Å². The predicted molar refractivity (Wildman–Crippen MR) is 71.9 cm³/mol. The van der Waals surface area contributed by atoms with Gasteiger partial charge < -0.3 is 15.0 Å². The Kier molecular flexibility index (Phi) is 4.24. The first kappa shape index (κ1) is 13.2. The van der Waals surface area contributed by atoms with Crippen LogP contribution in [0.3, 0.4) is 0 Å². The number of benzene rings is 1. The second-order valence-electron chi connectivity index (χ2n) is 4.55. The Hall–Kier alpha value is -2.22. The molecule has 0 bridgehead atoms. The first-order valence-corrected chi connectivity index (χ1v) is 6.32. The van der Waals surface area contributed by atoms with Crippen molar-refractivity contribution in [1.82, 2.24) is 4.90 Å². The topological polar surface area (TPSA) is 65.4 Å². The van der Waals surface area contributed by atoms with Gasteiger partial charge in [0.15, 0.2) is 0 Å². The van der Waals surface area contributed by atoms with Crippen LogP contribution in [0.15, 0.2) is 24.3 Å². The number of ether oxygens (including phenoxy) is 1. The first-order chi connectivity index (χ1) is 9.22. The fourth-order valence-corrected chi connectivity index (χ4v) is 2.09. The van der Waals surface area contributed by atoms with E-state index in [0.29, 0.717) is 13.1 Å². The maximum Gasteiger partial charge on any atom is 0.321 e. The number of nitrogens with zero attached hydrogens (tertiary/aromatic N) is 2. The molecule has 0 aromatic heterocycles. The molecule has 19 heavy (non-hydrogen) atoms. The minimum absolute atomic E-state index is 0.0880. The van der Waals surface area contributed by atoms with Gasteiger partial charge in [-0.3, -0.25) is 0 Å². The van der Waals surface area contributed by atoms with Crippen molar-refractivity contribution in [3.05, 3.63) is 24.3 Å². The van der Waals surface area contributed by atoms with E-state index < -0.39 is 0 Å². The van der Waals surface area contributed by atoms with Crippen LogP contribution in [0.25, 0.3) is 0 Å². The Morgan fingerprint density at radius 3 is 2.53 bits per heavy atom. The molecule has 5 heteroatoms. The zero-order chi connectivity index (χ0) is 13.7. The highest BCUT2D eigenvalue weighted by Gasteiger charge is 2.22. The monoisotopic (exact) mass is 259 g/mol. The largest absolute Gasteiger partial charge is 0.497 e. The Morgan fingerprint density at radius 1 is 1.37 bits per heavy atom. The minimum Gasteiger partial charge on any atom is -0.497 e. The van der Waals surface area contributed by atoms with E-state index in [4.69, 9.17) is 10.00 Å². The van der Waals surface area contributed by atoms with Gasteiger partial charge in [0.05, 0.1) is 13.2 Å². The van der Waals surface area contributed by atoms with Crippen molar-refractivity contribution in [3.8, 4) is 11.8 Å². The summed E-state index contributed by atoms with van der Waals surface area (Å²) in [7, 11) is 1.60. The van der Waals surface area contributed by atoms with Crippen molar-refractivity contribution >= 4 is 11.7 Å². The number of carbonyl (C=O) groups is 1. The Labute approximate surface area is 112 Å². The molecule has 0 radical (unpaired) electrons. The maximum absolute atomic E-state index is 12.0. The molecule has 1 heterocycles. The van der Waals surface area contributed by atoms with Crippen LogP contribution in [-0.2, 0) is 0 Å². The molecule has 2 amide bonds. The Morgan fingerprint density at radius 2 is 2.00 bits per heavy atom. The summed E-state index contributed by atoms with van der Waals surface area (Å²) in [5, 5.41) is 11.7. The molecular formula is C14H17N3O2. The molecule has 0 atom stereocenters. The number of likely N-dealkylation sites (tertiary alicyclic amines) is 1. The highest BCUT2D eigenvalue weighted by atomic mass is 16.5.